The number of hydrogen-bond acceptors (Lipinski definition) is 7. The average molecular weight is 578 g/mol. The van der Waals surface area contributed by atoms with E-state index in [2.05, 4.69) is 55.2 Å². The molecule has 0 amide bonds. The fraction of sp³-hybridized carbons (Fsp3) is 0.704. The summed E-state index contributed by atoms with van der Waals surface area (Å²) in [6.07, 6.45) is 5.96. The minimum absolute atomic E-state index is 0. The van der Waals surface area contributed by atoms with Gasteiger partial charge in [0.05, 0.1) is 11.3 Å². The molecule has 216 valence electrons. The first kappa shape index (κ1) is 36.4. The van der Waals surface area contributed by atoms with Gasteiger partial charge in [0, 0.05) is 46.2 Å². The molecule has 0 saturated carbocycles. The molecule has 2 unspecified atom stereocenters. The van der Waals surface area contributed by atoms with E-state index in [1.54, 1.807) is 0 Å². The molecule has 0 radical (unpaired) electrons. The summed E-state index contributed by atoms with van der Waals surface area (Å²) in [4.78, 5) is 2.43. The molecule has 0 heterocycles. The molecule has 37 heavy (non-hydrogen) atoms. The van der Waals surface area contributed by atoms with Crippen LogP contribution >= 0.6 is 12.4 Å². The van der Waals surface area contributed by atoms with Gasteiger partial charge in [-0.25, -0.2) is 0 Å². The first-order valence-electron chi connectivity index (χ1n) is 13.8. The maximum Gasteiger partial charge on any atom is 0.519 e. The molecule has 1 aromatic rings. The van der Waals surface area contributed by atoms with Gasteiger partial charge in [-0.2, -0.15) is 0 Å². The Kier molecular flexibility index (Phi) is 20.0. The fourth-order valence-electron chi connectivity index (χ4n) is 4.76. The smallest absolute Gasteiger partial charge is 0.373 e. The third-order valence-electron chi connectivity index (χ3n) is 5.89. The summed E-state index contributed by atoms with van der Waals surface area (Å²) in [5, 5.41) is 0. The van der Waals surface area contributed by atoms with Gasteiger partial charge in [-0.3, -0.25) is 4.90 Å². The molecule has 0 fully saturated rings. The van der Waals surface area contributed by atoms with Crippen LogP contribution in [0.2, 0.25) is 0 Å². The summed E-state index contributed by atoms with van der Waals surface area (Å²) < 4.78 is 38.5. The molecule has 10 heteroatoms. The minimum Gasteiger partial charge on any atom is -0.373 e. The summed E-state index contributed by atoms with van der Waals surface area (Å²) in [7, 11) is -6.19. The molecule has 0 aliphatic rings. The summed E-state index contributed by atoms with van der Waals surface area (Å²) in [6, 6.07) is 10.3. The van der Waals surface area contributed by atoms with E-state index in [0.29, 0.717) is 46.2 Å². The van der Waals surface area contributed by atoms with Crippen molar-refractivity contribution in [3.63, 3.8) is 0 Å². The average Bonchev–Trinajstić information content (AvgIpc) is 2.86. The number of benzene rings is 1. The van der Waals surface area contributed by atoms with Crippen LogP contribution in [0.4, 0.5) is 0 Å². The van der Waals surface area contributed by atoms with Crippen molar-refractivity contribution in [1.29, 1.82) is 0 Å². The first-order valence-corrected chi connectivity index (χ1v) is 17.4. The lowest BCUT2D eigenvalue weighted by atomic mass is 10.2. The largest absolute Gasteiger partial charge is 0.519 e. The van der Waals surface area contributed by atoms with Crippen molar-refractivity contribution in [2.45, 2.75) is 79.6 Å². The lowest BCUT2D eigenvalue weighted by Crippen LogP contribution is -2.70. The third-order valence-corrected chi connectivity index (χ3v) is 13.1. The van der Waals surface area contributed by atoms with Crippen LogP contribution in [0, 0.1) is 0 Å². The van der Waals surface area contributed by atoms with Gasteiger partial charge in [-0.05, 0) is 59.9 Å². The maximum atomic E-state index is 6.42. The van der Waals surface area contributed by atoms with E-state index in [9.17, 15) is 0 Å². The summed E-state index contributed by atoms with van der Waals surface area (Å²) in [5.41, 5.74) is 0.983. The number of halogens is 1. The molecular weight excluding hydrogens is 526 g/mol. The summed E-state index contributed by atoms with van der Waals surface area (Å²) >= 11 is 0. The van der Waals surface area contributed by atoms with Crippen molar-refractivity contribution in [2.24, 2.45) is 0 Å². The van der Waals surface area contributed by atoms with E-state index in [1.807, 2.05) is 47.6 Å². The third kappa shape index (κ3) is 10.5. The second-order valence-electron chi connectivity index (χ2n) is 8.16. The van der Waals surface area contributed by atoms with Crippen molar-refractivity contribution in [3.8, 4) is 0 Å². The second-order valence-corrected chi connectivity index (χ2v) is 13.6. The van der Waals surface area contributed by atoms with E-state index in [4.69, 9.17) is 26.6 Å². The number of hydrogen-bond donors (Lipinski definition) is 0. The fourth-order valence-corrected chi connectivity index (χ4v) is 11.4. The van der Waals surface area contributed by atoms with Crippen LogP contribution in [0.25, 0.3) is 6.08 Å². The quantitative estimate of drug-likeness (QED) is 0.162. The Balaban J connectivity index is 0.0000130. The van der Waals surface area contributed by atoms with Crippen LogP contribution in [0.15, 0.2) is 36.4 Å². The van der Waals surface area contributed by atoms with Gasteiger partial charge in [-0.15, -0.1) is 12.4 Å². The molecule has 0 bridgehead atoms. The zero-order valence-corrected chi connectivity index (χ0v) is 27.2. The summed E-state index contributed by atoms with van der Waals surface area (Å²) in [6.45, 7) is 20.2. The molecule has 7 nitrogen and oxygen atoms in total. The molecule has 0 saturated heterocycles. The van der Waals surface area contributed by atoms with Crippen LogP contribution in [0.1, 0.15) is 73.8 Å². The van der Waals surface area contributed by atoms with E-state index < -0.39 is 17.6 Å². The molecule has 0 aromatic heterocycles. The molecule has 0 aliphatic heterocycles. The highest BCUT2D eigenvalue weighted by Crippen LogP contribution is 2.31. The summed E-state index contributed by atoms with van der Waals surface area (Å²) in [5.74, 6) is 0. The molecule has 0 spiro atoms. The van der Waals surface area contributed by atoms with Gasteiger partial charge in [0.1, 0.15) is 0 Å². The predicted molar refractivity (Wildman–Crippen MR) is 159 cm³/mol. The van der Waals surface area contributed by atoms with Crippen LogP contribution in [0.3, 0.4) is 0 Å². The topological polar surface area (TPSA) is 58.6 Å². The first-order chi connectivity index (χ1) is 17.5. The number of rotatable bonds is 21. The Morgan fingerprint density at radius 1 is 0.622 bits per heavy atom. The van der Waals surface area contributed by atoms with Crippen molar-refractivity contribution >= 4 is 36.1 Å². The van der Waals surface area contributed by atoms with E-state index in [0.717, 1.165) is 18.4 Å². The van der Waals surface area contributed by atoms with Gasteiger partial charge < -0.3 is 26.6 Å². The van der Waals surface area contributed by atoms with E-state index >= 15 is 0 Å². The highest BCUT2D eigenvalue weighted by atomic mass is 35.5. The van der Waals surface area contributed by atoms with Gasteiger partial charge in [0.25, 0.3) is 0 Å². The van der Waals surface area contributed by atoms with Crippen LogP contribution in [-0.2, 0) is 26.6 Å². The van der Waals surface area contributed by atoms with Gasteiger partial charge in [0.15, 0.2) is 0 Å². The Morgan fingerprint density at radius 3 is 1.27 bits per heavy atom. The highest BCUT2D eigenvalue weighted by molar-refractivity contribution is 6.64. The van der Waals surface area contributed by atoms with Crippen molar-refractivity contribution in [1.82, 2.24) is 4.90 Å². The Hall–Kier alpha value is -0.596. The van der Waals surface area contributed by atoms with Crippen molar-refractivity contribution in [2.75, 3.05) is 46.2 Å². The zero-order chi connectivity index (χ0) is 26.9. The Labute approximate surface area is 235 Å². The normalized spacial score (nSPS) is 14.2. The molecule has 1 rings (SSSR count). The number of nitrogens with zero attached hydrogens (tertiary/aromatic N) is 1. The lowest BCUT2D eigenvalue weighted by Gasteiger charge is -2.47. The molecule has 0 aliphatic carbocycles. The Bertz CT molecular complexity index is 647. The zero-order valence-electron chi connectivity index (χ0n) is 24.4. The highest BCUT2D eigenvalue weighted by Gasteiger charge is 2.58. The maximum absolute atomic E-state index is 6.42. The van der Waals surface area contributed by atoms with Crippen molar-refractivity contribution < 1.29 is 26.6 Å². The van der Waals surface area contributed by atoms with Gasteiger partial charge >= 0.3 is 17.6 Å². The monoisotopic (exact) mass is 577 g/mol. The lowest BCUT2D eigenvalue weighted by molar-refractivity contribution is 0.00563. The van der Waals surface area contributed by atoms with Crippen LogP contribution in [-0.4, -0.2) is 80.0 Å². The SMILES string of the molecule is CCO[Si](OCC)(OCC)C(CC)N(C/C=C/c1ccccc1)C(CC)[Si](OCC)(OCC)OCC.Cl. The molecule has 0 N–H and O–H groups in total. The van der Waals surface area contributed by atoms with E-state index in [1.165, 1.54) is 0 Å². The van der Waals surface area contributed by atoms with Crippen molar-refractivity contribution in [3.05, 3.63) is 42.0 Å². The second kappa shape index (κ2) is 20.3. The van der Waals surface area contributed by atoms with Crippen LogP contribution in [0.5, 0.6) is 0 Å². The minimum atomic E-state index is -3.10. The molecule has 2 atom stereocenters. The molecular formula is C27H52ClNO6Si2. The predicted octanol–water partition coefficient (Wildman–Crippen LogP) is 6.16. The van der Waals surface area contributed by atoms with Crippen LogP contribution < -0.4 is 0 Å². The van der Waals surface area contributed by atoms with E-state index in [-0.39, 0.29) is 23.7 Å². The molecule has 1 aromatic carbocycles. The standard InChI is InChI=1S/C27H51NO6Si2.ClH/c1-9-26(35(29-11-3,30-12-4)31-13-5)28(24-20-23-25-21-18-17-19-22-25)27(10-2)36(32-14-6,33-15-7)34-16-8;/h17-23,26-27H,9-16,24H2,1-8H3;1H/b23-20+;. The Morgan fingerprint density at radius 2 is 0.973 bits per heavy atom. The van der Waals surface area contributed by atoms with Gasteiger partial charge in [0.2, 0.25) is 0 Å². The van der Waals surface area contributed by atoms with Gasteiger partial charge in [-0.1, -0.05) is 56.3 Å².